The van der Waals surface area contributed by atoms with Gasteiger partial charge in [0.2, 0.25) is 5.91 Å². The average molecular weight is 320 g/mol. The van der Waals surface area contributed by atoms with Crippen molar-refractivity contribution in [2.45, 2.75) is 63.8 Å². The van der Waals surface area contributed by atoms with Gasteiger partial charge in [0.15, 0.2) is 0 Å². The number of ether oxygens (including phenoxy) is 1. The van der Waals surface area contributed by atoms with E-state index in [1.54, 1.807) is 0 Å². The third kappa shape index (κ3) is 3.58. The zero-order valence-electron chi connectivity index (χ0n) is 14.4. The number of amides is 1. The van der Waals surface area contributed by atoms with Crippen molar-refractivity contribution >= 4 is 5.91 Å². The second kappa shape index (κ2) is 6.72. The van der Waals surface area contributed by atoms with Crippen LogP contribution in [-0.2, 0) is 9.53 Å². The van der Waals surface area contributed by atoms with Gasteiger partial charge in [-0.1, -0.05) is 12.8 Å². The van der Waals surface area contributed by atoms with Crippen LogP contribution in [0.15, 0.2) is 0 Å². The molecule has 23 heavy (non-hydrogen) atoms. The SMILES string of the molecule is O=C(NC1CCN(CCC2CCOC2)CC1)C1CC12CCCC2. The van der Waals surface area contributed by atoms with Crippen molar-refractivity contribution in [3.05, 3.63) is 0 Å². The number of likely N-dealkylation sites (tertiary alicyclic amines) is 1. The minimum absolute atomic E-state index is 0.352. The Bertz CT molecular complexity index is 419. The van der Waals surface area contributed by atoms with Gasteiger partial charge in [0, 0.05) is 38.3 Å². The summed E-state index contributed by atoms with van der Waals surface area (Å²) in [6, 6.07) is 0.424. The normalized spacial score (nSPS) is 34.1. The largest absolute Gasteiger partial charge is 0.381 e. The minimum Gasteiger partial charge on any atom is -0.381 e. The third-order valence-electron chi connectivity index (χ3n) is 6.92. The lowest BCUT2D eigenvalue weighted by molar-refractivity contribution is -0.124. The molecule has 2 unspecified atom stereocenters. The lowest BCUT2D eigenvalue weighted by Crippen LogP contribution is -2.45. The molecule has 1 spiro atoms. The molecule has 0 aromatic rings. The van der Waals surface area contributed by atoms with Crippen molar-refractivity contribution in [1.29, 1.82) is 0 Å². The number of carbonyl (C=O) groups excluding carboxylic acids is 1. The Morgan fingerprint density at radius 3 is 2.65 bits per heavy atom. The molecular weight excluding hydrogens is 288 g/mol. The number of carbonyl (C=O) groups is 1. The summed E-state index contributed by atoms with van der Waals surface area (Å²) in [6.45, 7) is 5.43. The predicted molar refractivity (Wildman–Crippen MR) is 90.2 cm³/mol. The highest BCUT2D eigenvalue weighted by Crippen LogP contribution is 2.62. The van der Waals surface area contributed by atoms with Gasteiger partial charge in [-0.25, -0.2) is 0 Å². The molecular formula is C19H32N2O2. The summed E-state index contributed by atoms with van der Waals surface area (Å²) >= 11 is 0. The maximum absolute atomic E-state index is 12.5. The maximum Gasteiger partial charge on any atom is 0.223 e. The Morgan fingerprint density at radius 1 is 1.17 bits per heavy atom. The molecule has 4 rings (SSSR count). The van der Waals surface area contributed by atoms with Gasteiger partial charge in [-0.2, -0.15) is 0 Å². The van der Waals surface area contributed by atoms with Crippen LogP contribution in [0.5, 0.6) is 0 Å². The molecule has 2 aliphatic carbocycles. The molecule has 0 aromatic carbocycles. The fraction of sp³-hybridized carbons (Fsp3) is 0.947. The molecule has 2 aliphatic heterocycles. The Labute approximate surface area is 140 Å². The second-order valence-electron chi connectivity index (χ2n) is 8.47. The van der Waals surface area contributed by atoms with E-state index in [1.807, 2.05) is 0 Å². The second-order valence-corrected chi connectivity index (χ2v) is 8.47. The van der Waals surface area contributed by atoms with Gasteiger partial charge in [0.1, 0.15) is 0 Å². The van der Waals surface area contributed by atoms with Crippen LogP contribution in [0.3, 0.4) is 0 Å². The lowest BCUT2D eigenvalue weighted by Gasteiger charge is -2.33. The highest BCUT2D eigenvalue weighted by atomic mass is 16.5. The van der Waals surface area contributed by atoms with Crippen molar-refractivity contribution in [2.24, 2.45) is 17.3 Å². The van der Waals surface area contributed by atoms with Crippen LogP contribution in [0, 0.1) is 17.3 Å². The number of rotatable bonds is 5. The monoisotopic (exact) mass is 320 g/mol. The fourth-order valence-corrected chi connectivity index (χ4v) is 5.13. The van der Waals surface area contributed by atoms with Gasteiger partial charge in [-0.3, -0.25) is 4.79 Å². The summed E-state index contributed by atoms with van der Waals surface area (Å²) in [5, 5.41) is 3.36. The van der Waals surface area contributed by atoms with Gasteiger partial charge in [0.05, 0.1) is 0 Å². The van der Waals surface area contributed by atoms with Crippen LogP contribution in [0.1, 0.15) is 57.8 Å². The van der Waals surface area contributed by atoms with Crippen molar-refractivity contribution in [3.63, 3.8) is 0 Å². The summed E-state index contributed by atoms with van der Waals surface area (Å²) in [6.07, 6.45) is 11.2. The molecule has 4 fully saturated rings. The Balaban J connectivity index is 1.15. The third-order valence-corrected chi connectivity index (χ3v) is 6.92. The van der Waals surface area contributed by atoms with Gasteiger partial charge >= 0.3 is 0 Å². The highest BCUT2D eigenvalue weighted by Gasteiger charge is 2.58. The van der Waals surface area contributed by atoms with Crippen LogP contribution in [-0.4, -0.2) is 49.7 Å². The Kier molecular flexibility index (Phi) is 4.64. The number of nitrogens with one attached hydrogen (secondary N) is 1. The molecule has 0 bridgehead atoms. The molecule has 1 amide bonds. The zero-order chi connectivity index (χ0) is 15.7. The van der Waals surface area contributed by atoms with Crippen LogP contribution in [0.2, 0.25) is 0 Å². The summed E-state index contributed by atoms with van der Waals surface area (Å²) in [5.41, 5.74) is 0.439. The molecule has 130 valence electrons. The van der Waals surface area contributed by atoms with E-state index in [1.165, 1.54) is 51.5 Å². The van der Waals surface area contributed by atoms with Crippen LogP contribution >= 0.6 is 0 Å². The number of piperidine rings is 1. The molecule has 2 saturated carbocycles. The van der Waals surface area contributed by atoms with E-state index in [4.69, 9.17) is 4.74 Å². The molecule has 4 aliphatic rings. The highest BCUT2D eigenvalue weighted by molar-refractivity contribution is 5.82. The van der Waals surface area contributed by atoms with Crippen LogP contribution in [0.25, 0.3) is 0 Å². The summed E-state index contributed by atoms with van der Waals surface area (Å²) in [4.78, 5) is 15.1. The van der Waals surface area contributed by atoms with E-state index in [0.29, 0.717) is 23.3 Å². The standard InChI is InChI=1S/C19H32N2O2/c22-18(17-13-19(17)7-1-2-8-19)20-16-4-10-21(11-5-16)9-3-15-6-12-23-14-15/h15-17H,1-14H2,(H,20,22). The fourth-order valence-electron chi connectivity index (χ4n) is 5.13. The Morgan fingerprint density at radius 2 is 1.96 bits per heavy atom. The predicted octanol–water partition coefficient (Wildman–Crippen LogP) is 2.57. The molecule has 0 aromatic heterocycles. The van der Waals surface area contributed by atoms with Gasteiger partial charge in [-0.05, 0) is 62.8 Å². The molecule has 2 saturated heterocycles. The van der Waals surface area contributed by atoms with Crippen LogP contribution < -0.4 is 5.32 Å². The van der Waals surface area contributed by atoms with Crippen molar-refractivity contribution < 1.29 is 9.53 Å². The quantitative estimate of drug-likeness (QED) is 0.846. The first-order chi connectivity index (χ1) is 11.3. The van der Waals surface area contributed by atoms with E-state index >= 15 is 0 Å². The first-order valence-corrected chi connectivity index (χ1v) is 9.86. The van der Waals surface area contributed by atoms with Crippen molar-refractivity contribution in [2.75, 3.05) is 32.8 Å². The van der Waals surface area contributed by atoms with E-state index in [2.05, 4.69) is 10.2 Å². The van der Waals surface area contributed by atoms with Crippen molar-refractivity contribution in [3.8, 4) is 0 Å². The summed E-state index contributed by atoms with van der Waals surface area (Å²) in [7, 11) is 0. The molecule has 2 heterocycles. The van der Waals surface area contributed by atoms with Crippen molar-refractivity contribution in [1.82, 2.24) is 10.2 Å². The topological polar surface area (TPSA) is 41.6 Å². The van der Waals surface area contributed by atoms with E-state index in [9.17, 15) is 4.79 Å². The smallest absolute Gasteiger partial charge is 0.223 e. The molecule has 1 N–H and O–H groups in total. The molecule has 4 heteroatoms. The van der Waals surface area contributed by atoms with Gasteiger partial charge in [0.25, 0.3) is 0 Å². The van der Waals surface area contributed by atoms with Crippen LogP contribution in [0.4, 0.5) is 0 Å². The van der Waals surface area contributed by atoms with Gasteiger partial charge < -0.3 is 15.0 Å². The van der Waals surface area contributed by atoms with E-state index < -0.39 is 0 Å². The van der Waals surface area contributed by atoms with E-state index in [0.717, 1.165) is 45.1 Å². The first kappa shape index (κ1) is 15.9. The summed E-state index contributed by atoms with van der Waals surface area (Å²) in [5.74, 6) is 1.50. The maximum atomic E-state index is 12.5. The van der Waals surface area contributed by atoms with E-state index in [-0.39, 0.29) is 0 Å². The average Bonchev–Trinajstić information content (AvgIpc) is 2.93. The Hall–Kier alpha value is -0.610. The minimum atomic E-state index is 0.352. The number of hydrogen-bond donors (Lipinski definition) is 1. The summed E-state index contributed by atoms with van der Waals surface area (Å²) < 4.78 is 5.46. The zero-order valence-corrected chi connectivity index (χ0v) is 14.4. The first-order valence-electron chi connectivity index (χ1n) is 9.86. The van der Waals surface area contributed by atoms with Gasteiger partial charge in [-0.15, -0.1) is 0 Å². The number of hydrogen-bond acceptors (Lipinski definition) is 3. The lowest BCUT2D eigenvalue weighted by atomic mass is 10.00. The molecule has 0 radical (unpaired) electrons. The molecule has 2 atom stereocenters. The number of nitrogens with zero attached hydrogens (tertiary/aromatic N) is 1. The molecule has 4 nitrogen and oxygen atoms in total.